The van der Waals surface area contributed by atoms with Crippen LogP contribution >= 0.6 is 34.7 Å². The van der Waals surface area contributed by atoms with Crippen molar-refractivity contribution in [2.75, 3.05) is 6.26 Å². The van der Waals surface area contributed by atoms with Crippen molar-refractivity contribution in [3.05, 3.63) is 21.3 Å². The predicted molar refractivity (Wildman–Crippen MR) is 80.4 cm³/mol. The van der Waals surface area contributed by atoms with Gasteiger partial charge in [0.1, 0.15) is 0 Å². The van der Waals surface area contributed by atoms with Crippen molar-refractivity contribution >= 4 is 34.7 Å². The Morgan fingerprint density at radius 2 is 2.06 bits per heavy atom. The second-order valence-electron chi connectivity index (χ2n) is 4.74. The molecule has 1 saturated carbocycles. The van der Waals surface area contributed by atoms with Crippen LogP contribution in [0, 0.1) is 0 Å². The lowest BCUT2D eigenvalue weighted by Crippen LogP contribution is -2.35. The summed E-state index contributed by atoms with van der Waals surface area (Å²) in [7, 11) is 0. The van der Waals surface area contributed by atoms with E-state index in [1.165, 1.54) is 30.6 Å². The molecule has 0 aromatic carbocycles. The van der Waals surface area contributed by atoms with Gasteiger partial charge in [-0.2, -0.15) is 11.8 Å². The van der Waals surface area contributed by atoms with Gasteiger partial charge in [0.05, 0.1) is 4.34 Å². The van der Waals surface area contributed by atoms with Crippen LogP contribution in [0.1, 0.15) is 43.5 Å². The second-order valence-corrected chi connectivity index (χ2v) is 7.62. The summed E-state index contributed by atoms with van der Waals surface area (Å²) in [6, 6.07) is 5.25. The van der Waals surface area contributed by atoms with Crippen LogP contribution in [0.4, 0.5) is 0 Å². The van der Waals surface area contributed by atoms with Crippen LogP contribution in [0.15, 0.2) is 12.1 Å². The normalized spacial score (nSPS) is 27.0. The predicted octanol–water partition coefficient (Wildman–Crippen LogP) is 4.73. The first-order valence-electron chi connectivity index (χ1n) is 6.23. The molecule has 96 valence electrons. The Hall–Kier alpha value is 0.300. The molecule has 0 amide bonds. The van der Waals surface area contributed by atoms with Gasteiger partial charge >= 0.3 is 0 Å². The minimum absolute atomic E-state index is 0.434. The van der Waals surface area contributed by atoms with Gasteiger partial charge in [-0.05, 0) is 51.0 Å². The quantitative estimate of drug-likeness (QED) is 0.860. The van der Waals surface area contributed by atoms with Crippen LogP contribution in [0.25, 0.3) is 0 Å². The van der Waals surface area contributed by atoms with Crippen molar-refractivity contribution in [3.8, 4) is 0 Å². The maximum absolute atomic E-state index is 5.97. The highest BCUT2D eigenvalue weighted by Gasteiger charge is 2.22. The van der Waals surface area contributed by atoms with Crippen molar-refractivity contribution in [3.63, 3.8) is 0 Å². The fraction of sp³-hybridized carbons (Fsp3) is 0.692. The largest absolute Gasteiger partial charge is 0.307 e. The summed E-state index contributed by atoms with van der Waals surface area (Å²) in [6.45, 7) is 2.24. The van der Waals surface area contributed by atoms with E-state index >= 15 is 0 Å². The monoisotopic (exact) mass is 289 g/mol. The number of hydrogen-bond acceptors (Lipinski definition) is 3. The maximum atomic E-state index is 5.97. The lowest BCUT2D eigenvalue weighted by atomic mass is 9.94. The molecule has 4 heteroatoms. The van der Waals surface area contributed by atoms with Gasteiger partial charge in [-0.3, -0.25) is 0 Å². The van der Waals surface area contributed by atoms with Gasteiger partial charge in [0.15, 0.2) is 0 Å². The van der Waals surface area contributed by atoms with Crippen LogP contribution in [0.3, 0.4) is 0 Å². The number of thioether (sulfide) groups is 1. The van der Waals surface area contributed by atoms with E-state index in [9.17, 15) is 0 Å². The first kappa shape index (κ1) is 13.7. The molecule has 1 nitrogen and oxygen atoms in total. The van der Waals surface area contributed by atoms with E-state index in [1.54, 1.807) is 11.3 Å². The highest BCUT2D eigenvalue weighted by atomic mass is 35.5. The number of hydrogen-bond donors (Lipinski definition) is 1. The Balaban J connectivity index is 1.81. The molecule has 1 atom stereocenters. The van der Waals surface area contributed by atoms with Gasteiger partial charge in [0, 0.05) is 22.2 Å². The van der Waals surface area contributed by atoms with Gasteiger partial charge in [-0.25, -0.2) is 0 Å². The van der Waals surface area contributed by atoms with E-state index in [-0.39, 0.29) is 0 Å². The average molecular weight is 290 g/mol. The van der Waals surface area contributed by atoms with E-state index < -0.39 is 0 Å². The minimum atomic E-state index is 0.434. The Kier molecular flexibility index (Phi) is 5.22. The van der Waals surface area contributed by atoms with Gasteiger partial charge in [-0.15, -0.1) is 11.3 Å². The lowest BCUT2D eigenvalue weighted by molar-refractivity contribution is 0.354. The standard InChI is InChI=1S/C13H20ClNS2/c1-9(12-7-8-13(14)17-12)15-10-3-5-11(16-2)6-4-10/h7-11,15H,3-6H2,1-2H3. The van der Waals surface area contributed by atoms with Crippen LogP contribution in [-0.2, 0) is 0 Å². The SMILES string of the molecule is CSC1CCC(NC(C)c2ccc(Cl)s2)CC1. The Labute approximate surface area is 117 Å². The number of thiophene rings is 1. The molecule has 0 bridgehead atoms. The lowest BCUT2D eigenvalue weighted by Gasteiger charge is -2.30. The highest BCUT2D eigenvalue weighted by molar-refractivity contribution is 7.99. The summed E-state index contributed by atoms with van der Waals surface area (Å²) in [6.07, 6.45) is 7.58. The zero-order valence-electron chi connectivity index (χ0n) is 10.4. The van der Waals surface area contributed by atoms with E-state index in [0.717, 1.165) is 9.59 Å². The zero-order chi connectivity index (χ0) is 12.3. The molecule has 1 fully saturated rings. The third-order valence-electron chi connectivity index (χ3n) is 3.51. The van der Waals surface area contributed by atoms with E-state index in [2.05, 4.69) is 24.6 Å². The van der Waals surface area contributed by atoms with Crippen LogP contribution in [-0.4, -0.2) is 17.5 Å². The topological polar surface area (TPSA) is 12.0 Å². The average Bonchev–Trinajstić information content (AvgIpc) is 2.77. The fourth-order valence-corrected chi connectivity index (χ4v) is 4.28. The molecule has 0 aliphatic heterocycles. The Morgan fingerprint density at radius 1 is 1.35 bits per heavy atom. The van der Waals surface area contributed by atoms with Gasteiger partial charge in [0.2, 0.25) is 0 Å². The van der Waals surface area contributed by atoms with Crippen molar-refractivity contribution in [1.82, 2.24) is 5.32 Å². The second kappa shape index (κ2) is 6.46. The van der Waals surface area contributed by atoms with E-state index in [1.807, 2.05) is 17.8 Å². The molecule has 1 unspecified atom stereocenters. The van der Waals surface area contributed by atoms with Crippen LogP contribution in [0.5, 0.6) is 0 Å². The highest BCUT2D eigenvalue weighted by Crippen LogP contribution is 2.30. The third-order valence-corrected chi connectivity index (χ3v) is 6.07. The van der Waals surface area contributed by atoms with Gasteiger partial charge in [-0.1, -0.05) is 11.6 Å². The summed E-state index contributed by atoms with van der Waals surface area (Å²) in [4.78, 5) is 1.35. The summed E-state index contributed by atoms with van der Waals surface area (Å²) in [5.41, 5.74) is 0. The molecule has 0 spiro atoms. The maximum Gasteiger partial charge on any atom is 0.0931 e. The van der Waals surface area contributed by atoms with Crippen LogP contribution < -0.4 is 5.32 Å². The Morgan fingerprint density at radius 3 is 2.59 bits per heavy atom. The Bertz CT molecular complexity index is 345. The molecule has 0 saturated heterocycles. The first-order chi connectivity index (χ1) is 8.19. The molecular weight excluding hydrogens is 270 g/mol. The smallest absolute Gasteiger partial charge is 0.0931 e. The molecule has 1 heterocycles. The van der Waals surface area contributed by atoms with Crippen molar-refractivity contribution in [2.45, 2.75) is 49.9 Å². The molecule has 2 rings (SSSR count). The summed E-state index contributed by atoms with van der Waals surface area (Å²) in [5, 5.41) is 4.62. The molecule has 1 aromatic rings. The molecule has 1 aliphatic rings. The van der Waals surface area contributed by atoms with E-state index in [0.29, 0.717) is 12.1 Å². The van der Waals surface area contributed by atoms with Gasteiger partial charge < -0.3 is 5.32 Å². The third kappa shape index (κ3) is 3.88. The summed E-state index contributed by atoms with van der Waals surface area (Å²) >= 11 is 9.68. The minimum Gasteiger partial charge on any atom is -0.307 e. The van der Waals surface area contributed by atoms with Crippen LogP contribution in [0.2, 0.25) is 4.34 Å². The van der Waals surface area contributed by atoms with Gasteiger partial charge in [0.25, 0.3) is 0 Å². The molecule has 0 radical (unpaired) electrons. The number of nitrogens with one attached hydrogen (secondary N) is 1. The molecule has 1 N–H and O–H groups in total. The molecule has 17 heavy (non-hydrogen) atoms. The zero-order valence-corrected chi connectivity index (χ0v) is 12.8. The van der Waals surface area contributed by atoms with Crippen molar-refractivity contribution in [2.24, 2.45) is 0 Å². The summed E-state index contributed by atoms with van der Waals surface area (Å²) in [5.74, 6) is 0. The number of rotatable bonds is 4. The summed E-state index contributed by atoms with van der Waals surface area (Å²) < 4.78 is 0.889. The number of halogens is 1. The fourth-order valence-electron chi connectivity index (χ4n) is 2.46. The first-order valence-corrected chi connectivity index (χ1v) is 8.71. The van der Waals surface area contributed by atoms with Crippen molar-refractivity contribution in [1.29, 1.82) is 0 Å². The molecule has 1 aliphatic carbocycles. The molecule has 1 aromatic heterocycles. The van der Waals surface area contributed by atoms with E-state index in [4.69, 9.17) is 11.6 Å². The molecular formula is C13H20ClNS2. The van der Waals surface area contributed by atoms with Crippen molar-refractivity contribution < 1.29 is 0 Å².